The van der Waals surface area contributed by atoms with Crippen molar-refractivity contribution < 1.29 is 18.3 Å². The molecule has 7 nitrogen and oxygen atoms in total. The lowest BCUT2D eigenvalue weighted by molar-refractivity contribution is -0.227. The molecule has 2 N–H and O–H groups in total. The Hall–Kier alpha value is -1.90. The van der Waals surface area contributed by atoms with Crippen LogP contribution in [-0.4, -0.2) is 80.7 Å². The Labute approximate surface area is 309 Å². The minimum absolute atomic E-state index is 0.00753. The molecule has 2 heterocycles. The summed E-state index contributed by atoms with van der Waals surface area (Å²) in [5.74, 6) is 3.11. The van der Waals surface area contributed by atoms with E-state index in [-0.39, 0.29) is 11.0 Å². The average molecular weight is 722 g/mol. The number of hydrogen-bond donors (Lipinski definition) is 2. The first-order valence-corrected chi connectivity index (χ1v) is 22.2. The third kappa shape index (κ3) is 6.04. The number of carbonyl (C=O) groups is 1. The first-order chi connectivity index (χ1) is 24.0. The summed E-state index contributed by atoms with van der Waals surface area (Å²) < 4.78 is 23.8. The first kappa shape index (κ1) is 37.4. The van der Waals surface area contributed by atoms with Crippen molar-refractivity contribution in [3.63, 3.8) is 0 Å². The van der Waals surface area contributed by atoms with Crippen LogP contribution in [0.3, 0.4) is 0 Å². The number of rotatable bonds is 9. The molecule has 0 aromatic heterocycles. The predicted octanol–water partition coefficient (Wildman–Crippen LogP) is 7.92. The van der Waals surface area contributed by atoms with E-state index in [4.69, 9.17) is 0 Å². The molecule has 1 aromatic carbocycles. The minimum atomic E-state index is -2.83. The third-order valence-electron chi connectivity index (χ3n) is 17.1. The van der Waals surface area contributed by atoms with Crippen molar-refractivity contribution in [2.24, 2.45) is 51.2 Å². The summed E-state index contributed by atoms with van der Waals surface area (Å²) in [4.78, 5) is 16.5. The van der Waals surface area contributed by atoms with Crippen LogP contribution in [0.5, 0.6) is 0 Å². The van der Waals surface area contributed by atoms with Gasteiger partial charge in [0.1, 0.15) is 0 Å². The van der Waals surface area contributed by atoms with Gasteiger partial charge in [0.15, 0.2) is 9.84 Å². The number of nitrogens with zero attached hydrogens (tertiary/aromatic N) is 2. The number of allylic oxidation sites excluding steroid dienone is 1. The van der Waals surface area contributed by atoms with Crippen LogP contribution in [0.4, 0.5) is 5.69 Å². The average Bonchev–Trinajstić information content (AvgIpc) is 3.45. The molecule has 0 amide bonds. The summed E-state index contributed by atoms with van der Waals surface area (Å²) in [7, 11) is -2.83. The number of benzene rings is 1. The van der Waals surface area contributed by atoms with Gasteiger partial charge in [0, 0.05) is 37.4 Å². The monoisotopic (exact) mass is 721 g/mol. The van der Waals surface area contributed by atoms with E-state index >= 15 is 0 Å². The Balaban J connectivity index is 1.08. The number of aromatic carboxylic acids is 1. The number of sulfone groups is 1. The Morgan fingerprint density at radius 2 is 1.59 bits per heavy atom. The van der Waals surface area contributed by atoms with Crippen LogP contribution in [0.15, 0.2) is 36.4 Å². The summed E-state index contributed by atoms with van der Waals surface area (Å²) in [5.41, 5.74) is 4.16. The van der Waals surface area contributed by atoms with Gasteiger partial charge in [-0.3, -0.25) is 0 Å². The van der Waals surface area contributed by atoms with Gasteiger partial charge in [0.05, 0.1) is 17.1 Å². The molecule has 4 saturated carbocycles. The second kappa shape index (κ2) is 13.1. The number of carboxylic acids is 1. The zero-order valence-electron chi connectivity index (χ0n) is 32.6. The molecular weight excluding hydrogens is 655 g/mol. The second-order valence-corrected chi connectivity index (χ2v) is 21.8. The van der Waals surface area contributed by atoms with Crippen LogP contribution in [0.1, 0.15) is 116 Å². The number of anilines is 1. The SMILES string of the molecule is C=C(C)[C@@H]1CC[C@]2(CNCCCN3CCS(=O)(=O)CC3)CC[C@]3(C)[C@H](CC[C@@H]4[C@@]5(C)CCN(c6ccc(C(=O)O)cc6)C(C)(C)[C@@H]5CC[C@]43C)[C@@H]12. The summed E-state index contributed by atoms with van der Waals surface area (Å²) in [5, 5.41) is 13.5. The highest BCUT2D eigenvalue weighted by Gasteiger charge is 2.70. The Morgan fingerprint density at radius 1 is 0.882 bits per heavy atom. The summed E-state index contributed by atoms with van der Waals surface area (Å²) in [6.07, 6.45) is 12.8. The van der Waals surface area contributed by atoms with E-state index in [2.05, 4.69) is 63.2 Å². The molecule has 0 bridgehead atoms. The lowest BCUT2D eigenvalue weighted by Crippen LogP contribution is -2.70. The maximum absolute atomic E-state index is 11.9. The fourth-order valence-electron chi connectivity index (χ4n) is 14.3. The first-order valence-electron chi connectivity index (χ1n) is 20.4. The Kier molecular flexibility index (Phi) is 9.64. The smallest absolute Gasteiger partial charge is 0.335 e. The normalized spacial score (nSPS) is 41.5. The van der Waals surface area contributed by atoms with E-state index in [1.807, 2.05) is 12.1 Å². The van der Waals surface area contributed by atoms with Crippen molar-refractivity contribution in [3.05, 3.63) is 42.0 Å². The molecule has 1 aromatic rings. The van der Waals surface area contributed by atoms with E-state index in [9.17, 15) is 18.3 Å². The number of fused-ring (bicyclic) bond motifs is 7. The van der Waals surface area contributed by atoms with Crippen LogP contribution in [0, 0.1) is 51.2 Å². The van der Waals surface area contributed by atoms with Crippen molar-refractivity contribution in [2.45, 2.75) is 111 Å². The minimum Gasteiger partial charge on any atom is -0.478 e. The van der Waals surface area contributed by atoms with Gasteiger partial charge < -0.3 is 20.2 Å². The number of carboxylic acid groups (broad SMARTS) is 1. The predicted molar refractivity (Wildman–Crippen MR) is 208 cm³/mol. The molecule has 284 valence electrons. The van der Waals surface area contributed by atoms with E-state index in [1.165, 1.54) is 63.4 Å². The fraction of sp³-hybridized carbons (Fsp3) is 0.791. The molecule has 9 atom stereocenters. The van der Waals surface area contributed by atoms with Gasteiger partial charge in [-0.25, -0.2) is 13.2 Å². The van der Waals surface area contributed by atoms with Gasteiger partial charge in [-0.15, -0.1) is 0 Å². The highest BCUT2D eigenvalue weighted by Crippen LogP contribution is 2.76. The van der Waals surface area contributed by atoms with Gasteiger partial charge in [0.25, 0.3) is 0 Å². The quantitative estimate of drug-likeness (QED) is 0.198. The second-order valence-electron chi connectivity index (χ2n) is 19.5. The Bertz CT molecular complexity index is 1590. The zero-order valence-corrected chi connectivity index (χ0v) is 33.4. The van der Waals surface area contributed by atoms with Gasteiger partial charge >= 0.3 is 5.97 Å². The lowest BCUT2D eigenvalue weighted by Gasteiger charge is -2.73. The number of nitrogens with one attached hydrogen (secondary N) is 1. The van der Waals surface area contributed by atoms with Gasteiger partial charge in [0.2, 0.25) is 0 Å². The summed E-state index contributed by atoms with van der Waals surface area (Å²) >= 11 is 0. The topological polar surface area (TPSA) is 90.0 Å². The highest BCUT2D eigenvalue weighted by atomic mass is 32.2. The third-order valence-corrected chi connectivity index (χ3v) is 18.7. The van der Waals surface area contributed by atoms with Crippen molar-refractivity contribution >= 4 is 21.5 Å². The molecule has 4 aliphatic carbocycles. The maximum atomic E-state index is 11.9. The largest absolute Gasteiger partial charge is 0.478 e. The van der Waals surface area contributed by atoms with Crippen molar-refractivity contribution in [2.75, 3.05) is 55.7 Å². The van der Waals surface area contributed by atoms with Gasteiger partial charge in [-0.1, -0.05) is 32.9 Å². The van der Waals surface area contributed by atoms with E-state index in [0.29, 0.717) is 70.1 Å². The van der Waals surface area contributed by atoms with Crippen molar-refractivity contribution in [1.82, 2.24) is 10.2 Å². The molecule has 51 heavy (non-hydrogen) atoms. The molecule has 0 unspecified atom stereocenters. The van der Waals surface area contributed by atoms with Gasteiger partial charge in [-0.2, -0.15) is 0 Å². The highest BCUT2D eigenvalue weighted by molar-refractivity contribution is 7.91. The summed E-state index contributed by atoms with van der Waals surface area (Å²) in [6, 6.07) is 7.60. The molecule has 2 aliphatic heterocycles. The molecular formula is C43H67N3O4S. The van der Waals surface area contributed by atoms with Gasteiger partial charge in [-0.05, 0) is 174 Å². The molecule has 2 saturated heterocycles. The van der Waals surface area contributed by atoms with E-state index < -0.39 is 15.8 Å². The van der Waals surface area contributed by atoms with E-state index in [1.54, 1.807) is 12.1 Å². The number of hydrogen-bond acceptors (Lipinski definition) is 6. The molecule has 0 spiro atoms. The molecule has 0 radical (unpaired) electrons. The van der Waals surface area contributed by atoms with Crippen molar-refractivity contribution in [3.8, 4) is 0 Å². The fourth-order valence-corrected chi connectivity index (χ4v) is 15.6. The van der Waals surface area contributed by atoms with Crippen LogP contribution >= 0.6 is 0 Å². The van der Waals surface area contributed by atoms with Crippen LogP contribution in [0.25, 0.3) is 0 Å². The van der Waals surface area contributed by atoms with E-state index in [0.717, 1.165) is 44.2 Å². The number of piperidine rings is 1. The lowest BCUT2D eigenvalue weighted by atomic mass is 9.33. The van der Waals surface area contributed by atoms with Crippen LogP contribution in [0.2, 0.25) is 0 Å². The van der Waals surface area contributed by atoms with Crippen LogP contribution in [-0.2, 0) is 9.84 Å². The molecule has 7 rings (SSSR count). The molecule has 6 fully saturated rings. The van der Waals surface area contributed by atoms with Crippen molar-refractivity contribution in [1.29, 1.82) is 0 Å². The summed E-state index contributed by atoms with van der Waals surface area (Å²) in [6.45, 7) is 25.5. The molecule has 8 heteroatoms. The Morgan fingerprint density at radius 3 is 2.25 bits per heavy atom. The maximum Gasteiger partial charge on any atom is 0.335 e. The zero-order chi connectivity index (χ0) is 36.6. The molecule has 6 aliphatic rings. The standard InChI is InChI=1S/C43H67N3O4S/c1-30(2)33-15-18-43(29-44-22-8-23-45-25-27-51(49,50)28-26-45)20-19-41(6)34(37(33)43)13-14-36-40(5)21-24-46(32-11-9-31(10-12-32)38(47)48)39(3,4)35(40)16-17-42(36,41)7/h9-12,33-37,44H,1,8,13-29H2,2-7H3,(H,47,48)/t33-,34+,35-,36+,37+,40-,41+,42+,43+/m0/s1. The van der Waals surface area contributed by atoms with Crippen LogP contribution < -0.4 is 10.2 Å².